The molecular weight excluding hydrogens is 471 g/mol. The minimum atomic E-state index is -3.86. The maximum Gasteiger partial charge on any atom is 0.244 e. The summed E-state index contributed by atoms with van der Waals surface area (Å²) < 4.78 is 48.9. The van der Waals surface area contributed by atoms with E-state index in [2.05, 4.69) is 5.32 Å². The third-order valence-corrected chi connectivity index (χ3v) is 7.31. The van der Waals surface area contributed by atoms with Gasteiger partial charge < -0.3 is 5.32 Å². The van der Waals surface area contributed by atoms with Crippen LogP contribution in [0.2, 0.25) is 10.0 Å². The van der Waals surface area contributed by atoms with Crippen molar-refractivity contribution in [2.45, 2.75) is 30.8 Å². The Morgan fingerprint density at radius 1 is 0.967 bits per heavy atom. The van der Waals surface area contributed by atoms with E-state index in [0.29, 0.717) is 5.56 Å². The van der Waals surface area contributed by atoms with Crippen LogP contribution in [0.3, 0.4) is 0 Å². The molecule has 1 N–H and O–H groups in total. The van der Waals surface area contributed by atoms with Crippen molar-refractivity contribution in [1.29, 1.82) is 0 Å². The van der Waals surface area contributed by atoms with Gasteiger partial charge in [0.2, 0.25) is 15.9 Å². The highest BCUT2D eigenvalue weighted by atomic mass is 35.5. The van der Waals surface area contributed by atoms with Gasteiger partial charge in [-0.25, -0.2) is 16.8 Å². The van der Waals surface area contributed by atoms with Crippen molar-refractivity contribution in [1.82, 2.24) is 5.32 Å². The predicted molar refractivity (Wildman–Crippen MR) is 119 cm³/mol. The molecule has 0 saturated heterocycles. The number of anilines is 1. The van der Waals surface area contributed by atoms with Crippen molar-refractivity contribution >= 4 is 54.7 Å². The maximum absolute atomic E-state index is 12.8. The average molecular weight is 493 g/mol. The van der Waals surface area contributed by atoms with E-state index in [4.69, 9.17) is 23.2 Å². The maximum atomic E-state index is 12.8. The Kier molecular flexibility index (Phi) is 7.45. The monoisotopic (exact) mass is 492 g/mol. The van der Waals surface area contributed by atoms with E-state index in [0.717, 1.165) is 16.8 Å². The molecule has 7 nitrogen and oxygen atoms in total. The molecule has 0 bridgehead atoms. The third kappa shape index (κ3) is 5.87. The van der Waals surface area contributed by atoms with Crippen LogP contribution in [0.15, 0.2) is 47.4 Å². The molecule has 11 heteroatoms. The summed E-state index contributed by atoms with van der Waals surface area (Å²) in [6, 6.07) is 8.81. The number of hydrogen-bond donors (Lipinski definition) is 1. The Morgan fingerprint density at radius 2 is 1.53 bits per heavy atom. The van der Waals surface area contributed by atoms with Crippen molar-refractivity contribution in [2.24, 2.45) is 0 Å². The van der Waals surface area contributed by atoms with Gasteiger partial charge in [-0.2, -0.15) is 0 Å². The molecule has 30 heavy (non-hydrogen) atoms. The molecule has 164 valence electrons. The fourth-order valence-corrected chi connectivity index (χ4v) is 5.09. The van der Waals surface area contributed by atoms with Gasteiger partial charge in [-0.05, 0) is 49.7 Å². The number of sulfone groups is 1. The Balaban J connectivity index is 2.28. The molecule has 0 aliphatic rings. The summed E-state index contributed by atoms with van der Waals surface area (Å²) >= 11 is 12.1. The van der Waals surface area contributed by atoms with Crippen molar-refractivity contribution in [2.75, 3.05) is 16.8 Å². The highest BCUT2D eigenvalue weighted by molar-refractivity contribution is 7.92. The number of nitrogens with zero attached hydrogens (tertiary/aromatic N) is 1. The lowest BCUT2D eigenvalue weighted by molar-refractivity contribution is -0.122. The fourth-order valence-electron chi connectivity index (χ4n) is 2.86. The SMILES string of the molecule is C[C@@H](NC(=O)[C@H](C)N(c1cc(Cl)ccc1Cl)S(C)(=O)=O)c1ccc(S(C)(=O)=O)cc1. The van der Waals surface area contributed by atoms with Gasteiger partial charge in [-0.3, -0.25) is 9.10 Å². The summed E-state index contributed by atoms with van der Waals surface area (Å²) in [4.78, 5) is 13.0. The fraction of sp³-hybridized carbons (Fsp3) is 0.316. The molecule has 0 fully saturated rings. The van der Waals surface area contributed by atoms with Crippen molar-refractivity contribution in [3.8, 4) is 0 Å². The Bertz CT molecular complexity index is 1150. The zero-order valence-corrected chi connectivity index (χ0v) is 19.9. The number of sulfonamides is 1. The first-order valence-corrected chi connectivity index (χ1v) is 13.3. The number of halogens is 2. The van der Waals surface area contributed by atoms with Crippen LogP contribution >= 0.6 is 23.2 Å². The number of carbonyl (C=O) groups is 1. The first-order chi connectivity index (χ1) is 13.7. The summed E-state index contributed by atoms with van der Waals surface area (Å²) in [5.41, 5.74) is 0.758. The first kappa shape index (κ1) is 24.5. The summed E-state index contributed by atoms with van der Waals surface area (Å²) in [6.45, 7) is 3.14. The van der Waals surface area contributed by atoms with Crippen LogP contribution in [0.4, 0.5) is 5.69 Å². The van der Waals surface area contributed by atoms with E-state index in [1.807, 2.05) is 0 Å². The van der Waals surface area contributed by atoms with Gasteiger partial charge in [0.1, 0.15) is 6.04 Å². The van der Waals surface area contributed by atoms with E-state index in [9.17, 15) is 21.6 Å². The number of benzene rings is 2. The minimum absolute atomic E-state index is 0.0967. The summed E-state index contributed by atoms with van der Waals surface area (Å²) in [5.74, 6) is -0.559. The van der Waals surface area contributed by atoms with Crippen LogP contribution in [0, 0.1) is 0 Å². The second-order valence-electron chi connectivity index (χ2n) is 6.90. The van der Waals surface area contributed by atoms with Gasteiger partial charge in [0, 0.05) is 11.3 Å². The molecule has 0 aromatic heterocycles. The number of hydrogen-bond acceptors (Lipinski definition) is 5. The van der Waals surface area contributed by atoms with Gasteiger partial charge in [0.05, 0.1) is 27.9 Å². The lowest BCUT2D eigenvalue weighted by Gasteiger charge is -2.30. The van der Waals surface area contributed by atoms with Crippen molar-refractivity contribution < 1.29 is 21.6 Å². The van der Waals surface area contributed by atoms with Gasteiger partial charge >= 0.3 is 0 Å². The molecule has 2 atom stereocenters. The molecule has 2 aromatic rings. The van der Waals surface area contributed by atoms with Gasteiger partial charge in [-0.15, -0.1) is 0 Å². The van der Waals surface area contributed by atoms with Gasteiger partial charge in [0.25, 0.3) is 0 Å². The van der Waals surface area contributed by atoms with E-state index in [1.165, 1.54) is 37.3 Å². The average Bonchev–Trinajstić information content (AvgIpc) is 2.62. The molecule has 0 heterocycles. The second-order valence-corrected chi connectivity index (χ2v) is 11.6. The Labute approximate surface area is 187 Å². The van der Waals surface area contributed by atoms with E-state index < -0.39 is 37.9 Å². The van der Waals surface area contributed by atoms with E-state index in [1.54, 1.807) is 19.1 Å². The second kappa shape index (κ2) is 9.13. The molecule has 0 aliphatic carbocycles. The number of amides is 1. The number of carbonyl (C=O) groups excluding carboxylic acids is 1. The van der Waals surface area contributed by atoms with Crippen molar-refractivity contribution in [3.63, 3.8) is 0 Å². The molecule has 0 spiro atoms. The van der Waals surface area contributed by atoms with Crippen molar-refractivity contribution in [3.05, 3.63) is 58.1 Å². The standard InChI is InChI=1S/C19H22Cl2N2O5S2/c1-12(14-5-8-16(9-6-14)29(3,25)26)22-19(24)13(2)23(30(4,27)28)18-11-15(20)7-10-17(18)21/h5-13H,1-4H3,(H,22,24)/t12-,13+/m1/s1. The van der Waals surface area contributed by atoms with Crippen LogP contribution in [-0.4, -0.2) is 41.3 Å². The largest absolute Gasteiger partial charge is 0.348 e. The van der Waals surface area contributed by atoms with E-state index in [-0.39, 0.29) is 20.6 Å². The molecule has 0 aliphatic heterocycles. The Morgan fingerprint density at radius 3 is 2.03 bits per heavy atom. The molecule has 0 saturated carbocycles. The minimum Gasteiger partial charge on any atom is -0.348 e. The zero-order valence-electron chi connectivity index (χ0n) is 16.8. The van der Waals surface area contributed by atoms with Crippen LogP contribution in [0.5, 0.6) is 0 Å². The topological polar surface area (TPSA) is 101 Å². The number of rotatable bonds is 7. The molecule has 2 aromatic carbocycles. The first-order valence-electron chi connectivity index (χ1n) is 8.76. The number of nitrogens with one attached hydrogen (secondary N) is 1. The summed E-state index contributed by atoms with van der Waals surface area (Å²) in [5, 5.41) is 3.15. The predicted octanol–water partition coefficient (Wildman–Crippen LogP) is 3.43. The summed E-state index contributed by atoms with van der Waals surface area (Å²) in [7, 11) is -7.19. The zero-order chi connectivity index (χ0) is 22.9. The van der Waals surface area contributed by atoms with Crippen LogP contribution in [-0.2, 0) is 24.7 Å². The van der Waals surface area contributed by atoms with E-state index >= 15 is 0 Å². The molecule has 0 radical (unpaired) electrons. The van der Waals surface area contributed by atoms with Crippen LogP contribution in [0.1, 0.15) is 25.5 Å². The molecule has 0 unspecified atom stereocenters. The lowest BCUT2D eigenvalue weighted by Crippen LogP contribution is -2.48. The normalized spacial score (nSPS) is 14.1. The van der Waals surface area contributed by atoms with Gasteiger partial charge in [-0.1, -0.05) is 35.3 Å². The molecule has 1 amide bonds. The van der Waals surface area contributed by atoms with Crippen LogP contribution < -0.4 is 9.62 Å². The lowest BCUT2D eigenvalue weighted by atomic mass is 10.1. The van der Waals surface area contributed by atoms with Gasteiger partial charge in [0.15, 0.2) is 9.84 Å². The third-order valence-electron chi connectivity index (χ3n) is 4.40. The summed E-state index contributed by atoms with van der Waals surface area (Å²) in [6.07, 6.45) is 2.08. The Hall–Kier alpha value is -1.81. The highest BCUT2D eigenvalue weighted by Crippen LogP contribution is 2.32. The van der Waals surface area contributed by atoms with Crippen LogP contribution in [0.25, 0.3) is 0 Å². The smallest absolute Gasteiger partial charge is 0.244 e. The highest BCUT2D eigenvalue weighted by Gasteiger charge is 2.31. The molecular formula is C19H22Cl2N2O5S2. The molecule has 2 rings (SSSR count). The quantitative estimate of drug-likeness (QED) is 0.637.